The molecule has 0 amide bonds. The molecular weight excluding hydrogens is 162 g/mol. The van der Waals surface area contributed by atoms with Gasteiger partial charge in [0.15, 0.2) is 0 Å². The van der Waals surface area contributed by atoms with Crippen molar-refractivity contribution in [1.29, 1.82) is 0 Å². The lowest BCUT2D eigenvalue weighted by molar-refractivity contribution is -0.128. The van der Waals surface area contributed by atoms with E-state index in [2.05, 4.69) is 27.7 Å². The van der Waals surface area contributed by atoms with Gasteiger partial charge in [-0.1, -0.05) is 27.7 Å². The van der Waals surface area contributed by atoms with E-state index in [1.54, 1.807) is 0 Å². The summed E-state index contributed by atoms with van der Waals surface area (Å²) in [6, 6.07) is 0. The lowest BCUT2D eigenvalue weighted by Gasteiger charge is -2.22. The fraction of sp³-hybridized carbons (Fsp3) is 0.909. The molecule has 0 aromatic rings. The molecule has 0 aliphatic heterocycles. The Balaban J connectivity index is 4.34. The van der Waals surface area contributed by atoms with Crippen LogP contribution in [0.4, 0.5) is 0 Å². The number of carbonyl (C=O) groups excluding carboxylic acids is 1. The fourth-order valence-electron chi connectivity index (χ4n) is 1.71. The van der Waals surface area contributed by atoms with E-state index in [1.807, 2.05) is 0 Å². The van der Waals surface area contributed by atoms with Crippen LogP contribution in [0.1, 0.15) is 40.5 Å². The number of hydrogen-bond acceptors (Lipinski definition) is 2. The molecule has 0 fully saturated rings. The maximum atomic E-state index is 11.9. The molecular formula is C11H23NO. The largest absolute Gasteiger partial charge is 0.330 e. The van der Waals surface area contributed by atoms with E-state index in [1.165, 1.54) is 0 Å². The minimum atomic E-state index is 0.0601. The smallest absolute Gasteiger partial charge is 0.140 e. The van der Waals surface area contributed by atoms with Gasteiger partial charge < -0.3 is 5.73 Å². The first kappa shape index (κ1) is 12.6. The topological polar surface area (TPSA) is 43.1 Å². The van der Waals surface area contributed by atoms with Crippen molar-refractivity contribution in [3.63, 3.8) is 0 Å². The van der Waals surface area contributed by atoms with Crippen molar-refractivity contribution in [2.75, 3.05) is 6.54 Å². The molecule has 0 saturated carbocycles. The molecule has 0 aromatic heterocycles. The Bertz CT molecular complexity index is 150. The van der Waals surface area contributed by atoms with E-state index in [-0.39, 0.29) is 11.8 Å². The van der Waals surface area contributed by atoms with Gasteiger partial charge in [0.25, 0.3) is 0 Å². The monoisotopic (exact) mass is 185 g/mol. The highest BCUT2D eigenvalue weighted by Crippen LogP contribution is 2.19. The van der Waals surface area contributed by atoms with Gasteiger partial charge in [0.1, 0.15) is 5.78 Å². The zero-order valence-corrected chi connectivity index (χ0v) is 9.34. The van der Waals surface area contributed by atoms with Crippen LogP contribution in [0.5, 0.6) is 0 Å². The number of nitrogens with two attached hydrogens (primary N) is 1. The van der Waals surface area contributed by atoms with Gasteiger partial charge >= 0.3 is 0 Å². The molecule has 2 heteroatoms. The number of hydrogen-bond donors (Lipinski definition) is 1. The Morgan fingerprint density at radius 1 is 1.23 bits per heavy atom. The third kappa shape index (κ3) is 3.47. The third-order valence-corrected chi connectivity index (χ3v) is 2.81. The Morgan fingerprint density at radius 3 is 1.92 bits per heavy atom. The highest BCUT2D eigenvalue weighted by molar-refractivity contribution is 5.83. The van der Waals surface area contributed by atoms with Crippen molar-refractivity contribution < 1.29 is 4.79 Å². The van der Waals surface area contributed by atoms with Crippen molar-refractivity contribution in [2.45, 2.75) is 40.5 Å². The van der Waals surface area contributed by atoms with E-state index >= 15 is 0 Å². The van der Waals surface area contributed by atoms with E-state index < -0.39 is 0 Å². The molecule has 0 spiro atoms. The quantitative estimate of drug-likeness (QED) is 0.689. The summed E-state index contributed by atoms with van der Waals surface area (Å²) in [6.07, 6.45) is 1.89. The molecule has 0 rings (SSSR count). The van der Waals surface area contributed by atoms with Crippen LogP contribution in [-0.2, 0) is 4.79 Å². The van der Waals surface area contributed by atoms with E-state index in [0.717, 1.165) is 12.8 Å². The van der Waals surface area contributed by atoms with E-state index in [4.69, 9.17) is 5.73 Å². The van der Waals surface area contributed by atoms with Gasteiger partial charge in [0.2, 0.25) is 0 Å². The Kier molecular flexibility index (Phi) is 5.97. The summed E-state index contributed by atoms with van der Waals surface area (Å²) >= 11 is 0. The Morgan fingerprint density at radius 2 is 1.69 bits per heavy atom. The maximum absolute atomic E-state index is 11.9. The third-order valence-electron chi connectivity index (χ3n) is 2.81. The van der Waals surface area contributed by atoms with Gasteiger partial charge in [-0.25, -0.2) is 0 Å². The molecule has 2 N–H and O–H groups in total. The lowest BCUT2D eigenvalue weighted by Crippen LogP contribution is -2.32. The Labute approximate surface area is 81.9 Å². The predicted molar refractivity (Wildman–Crippen MR) is 56.5 cm³/mol. The second-order valence-electron chi connectivity index (χ2n) is 4.00. The van der Waals surface area contributed by atoms with Crippen LogP contribution in [0.2, 0.25) is 0 Å². The maximum Gasteiger partial charge on any atom is 0.140 e. The van der Waals surface area contributed by atoms with Crippen molar-refractivity contribution in [2.24, 2.45) is 23.5 Å². The molecule has 0 saturated heterocycles. The summed E-state index contributed by atoms with van der Waals surface area (Å²) in [6.45, 7) is 8.77. The van der Waals surface area contributed by atoms with Gasteiger partial charge in [0, 0.05) is 18.4 Å². The number of rotatable bonds is 6. The predicted octanol–water partition coefficient (Wildman–Crippen LogP) is 2.22. The minimum Gasteiger partial charge on any atom is -0.330 e. The number of Topliss-reactive ketones (excluding diaryl/α,β-unsaturated/α-hetero) is 1. The van der Waals surface area contributed by atoms with Crippen molar-refractivity contribution >= 4 is 5.78 Å². The SMILES string of the molecule is CCC(CC)C(=O)C(CN)C(C)C. The van der Waals surface area contributed by atoms with Crippen LogP contribution in [0.15, 0.2) is 0 Å². The minimum absolute atomic E-state index is 0.0601. The zero-order chi connectivity index (χ0) is 10.4. The van der Waals surface area contributed by atoms with Gasteiger partial charge in [-0.15, -0.1) is 0 Å². The molecule has 13 heavy (non-hydrogen) atoms. The molecule has 0 bridgehead atoms. The van der Waals surface area contributed by atoms with Crippen molar-refractivity contribution in [3.8, 4) is 0 Å². The van der Waals surface area contributed by atoms with Gasteiger partial charge in [-0.2, -0.15) is 0 Å². The average molecular weight is 185 g/mol. The lowest BCUT2D eigenvalue weighted by atomic mass is 9.83. The van der Waals surface area contributed by atoms with Crippen LogP contribution < -0.4 is 5.73 Å². The van der Waals surface area contributed by atoms with Gasteiger partial charge in [-0.05, 0) is 18.8 Å². The molecule has 0 aliphatic carbocycles. The summed E-state index contributed by atoms with van der Waals surface area (Å²) in [5, 5.41) is 0. The summed E-state index contributed by atoms with van der Waals surface area (Å²) in [5.41, 5.74) is 5.60. The molecule has 1 atom stereocenters. The van der Waals surface area contributed by atoms with Crippen LogP contribution in [-0.4, -0.2) is 12.3 Å². The van der Waals surface area contributed by atoms with Crippen LogP contribution in [0, 0.1) is 17.8 Å². The molecule has 0 heterocycles. The average Bonchev–Trinajstić information content (AvgIpc) is 2.07. The van der Waals surface area contributed by atoms with Crippen LogP contribution in [0.3, 0.4) is 0 Å². The van der Waals surface area contributed by atoms with Crippen LogP contribution in [0.25, 0.3) is 0 Å². The first-order valence-corrected chi connectivity index (χ1v) is 5.32. The second-order valence-corrected chi connectivity index (χ2v) is 4.00. The molecule has 0 aliphatic rings. The normalized spacial score (nSPS) is 13.8. The number of ketones is 1. The summed E-state index contributed by atoms with van der Waals surface area (Å²) in [5.74, 6) is 1.02. The fourth-order valence-corrected chi connectivity index (χ4v) is 1.71. The first-order valence-electron chi connectivity index (χ1n) is 5.32. The molecule has 0 radical (unpaired) electrons. The summed E-state index contributed by atoms with van der Waals surface area (Å²) < 4.78 is 0. The molecule has 2 nitrogen and oxygen atoms in total. The van der Waals surface area contributed by atoms with Crippen molar-refractivity contribution in [3.05, 3.63) is 0 Å². The molecule has 0 aromatic carbocycles. The standard InChI is InChI=1S/C11H23NO/c1-5-9(6-2)11(13)10(7-12)8(3)4/h8-10H,5-7,12H2,1-4H3. The first-order chi connectivity index (χ1) is 6.08. The molecule has 1 unspecified atom stereocenters. The molecule has 78 valence electrons. The van der Waals surface area contributed by atoms with E-state index in [9.17, 15) is 4.79 Å². The summed E-state index contributed by atoms with van der Waals surface area (Å²) in [4.78, 5) is 11.9. The zero-order valence-electron chi connectivity index (χ0n) is 9.34. The summed E-state index contributed by atoms with van der Waals surface area (Å²) in [7, 11) is 0. The Hall–Kier alpha value is -0.370. The van der Waals surface area contributed by atoms with Gasteiger partial charge in [0.05, 0.1) is 0 Å². The highest BCUT2D eigenvalue weighted by atomic mass is 16.1. The highest BCUT2D eigenvalue weighted by Gasteiger charge is 2.25. The number of carbonyl (C=O) groups is 1. The van der Waals surface area contributed by atoms with Crippen molar-refractivity contribution in [1.82, 2.24) is 0 Å². The van der Waals surface area contributed by atoms with E-state index in [0.29, 0.717) is 18.2 Å². The van der Waals surface area contributed by atoms with Gasteiger partial charge in [-0.3, -0.25) is 4.79 Å². The second kappa shape index (κ2) is 6.14. The van der Waals surface area contributed by atoms with Crippen LogP contribution >= 0.6 is 0 Å².